The quantitative estimate of drug-likeness (QED) is 0.405. The van der Waals surface area contributed by atoms with Crippen molar-refractivity contribution in [3.63, 3.8) is 0 Å². The van der Waals surface area contributed by atoms with Gasteiger partial charge in [0, 0.05) is 30.2 Å². The van der Waals surface area contributed by atoms with Crippen molar-refractivity contribution in [2.45, 2.75) is 24.9 Å². The number of hydrogen-bond acceptors (Lipinski definition) is 5. The summed E-state index contributed by atoms with van der Waals surface area (Å²) in [5.74, 6) is 0.291. The highest BCUT2D eigenvalue weighted by Gasteiger charge is 2.31. The van der Waals surface area contributed by atoms with Crippen LogP contribution in [-0.4, -0.2) is 29.2 Å². The number of pyridine rings is 2. The van der Waals surface area contributed by atoms with E-state index in [4.69, 9.17) is 0 Å². The van der Waals surface area contributed by atoms with Crippen molar-refractivity contribution in [1.29, 1.82) is 0 Å². The van der Waals surface area contributed by atoms with Gasteiger partial charge in [-0.1, -0.05) is 30.3 Å². The van der Waals surface area contributed by atoms with Crippen LogP contribution < -0.4 is 5.32 Å². The van der Waals surface area contributed by atoms with Gasteiger partial charge in [0.15, 0.2) is 0 Å². The van der Waals surface area contributed by atoms with Gasteiger partial charge in [0.1, 0.15) is 5.82 Å². The largest absolute Gasteiger partial charge is 0.416 e. The summed E-state index contributed by atoms with van der Waals surface area (Å²) in [5.41, 5.74) is 2.93. The predicted molar refractivity (Wildman–Crippen MR) is 127 cm³/mol. The molecule has 3 heterocycles. The summed E-state index contributed by atoms with van der Waals surface area (Å²) in [5, 5.41) is 4.29. The van der Waals surface area contributed by atoms with Crippen LogP contribution in [0.3, 0.4) is 0 Å². The fourth-order valence-corrected chi connectivity index (χ4v) is 5.68. The fourth-order valence-electron chi connectivity index (χ4n) is 4.18. The summed E-state index contributed by atoms with van der Waals surface area (Å²) in [6, 6.07) is 15.8. The van der Waals surface area contributed by atoms with E-state index < -0.39 is 21.8 Å². The minimum atomic E-state index is -4.46. The average molecular weight is 499 g/mol. The van der Waals surface area contributed by atoms with Gasteiger partial charge in [-0.3, -0.25) is 4.98 Å². The summed E-state index contributed by atoms with van der Waals surface area (Å²) in [7, 11) is -3.72. The molecule has 35 heavy (non-hydrogen) atoms. The molecule has 0 bridgehead atoms. The first-order valence-electron chi connectivity index (χ1n) is 10.9. The van der Waals surface area contributed by atoms with E-state index in [9.17, 15) is 21.6 Å². The van der Waals surface area contributed by atoms with E-state index in [0.29, 0.717) is 17.8 Å². The Morgan fingerprint density at radius 3 is 2.54 bits per heavy atom. The number of rotatable bonds is 5. The summed E-state index contributed by atoms with van der Waals surface area (Å²) in [4.78, 5) is 8.90. The highest BCUT2D eigenvalue weighted by atomic mass is 32.2. The van der Waals surface area contributed by atoms with Crippen LogP contribution in [0.25, 0.3) is 10.9 Å². The molecule has 0 saturated heterocycles. The van der Waals surface area contributed by atoms with Crippen LogP contribution in [0.4, 0.5) is 24.7 Å². The van der Waals surface area contributed by atoms with Crippen LogP contribution in [0.15, 0.2) is 73.1 Å². The van der Waals surface area contributed by atoms with Gasteiger partial charge in [0.2, 0.25) is 10.0 Å². The first-order valence-corrected chi connectivity index (χ1v) is 12.5. The molecule has 1 aliphatic heterocycles. The Hall–Kier alpha value is -3.50. The molecule has 1 aliphatic rings. The number of alkyl halides is 3. The zero-order valence-electron chi connectivity index (χ0n) is 18.5. The summed E-state index contributed by atoms with van der Waals surface area (Å²) in [6.07, 6.45) is -0.649. The first kappa shape index (κ1) is 23.3. The number of anilines is 2. The van der Waals surface area contributed by atoms with Crippen molar-refractivity contribution in [3.8, 4) is 0 Å². The lowest BCUT2D eigenvalue weighted by Gasteiger charge is -2.29. The average Bonchev–Trinajstić information content (AvgIpc) is 2.83. The minimum absolute atomic E-state index is 0.172. The van der Waals surface area contributed by atoms with Gasteiger partial charge in [-0.15, -0.1) is 0 Å². The van der Waals surface area contributed by atoms with E-state index in [0.717, 1.165) is 39.8 Å². The van der Waals surface area contributed by atoms with Crippen LogP contribution in [0.2, 0.25) is 0 Å². The molecule has 0 saturated carbocycles. The molecule has 10 heteroatoms. The van der Waals surface area contributed by atoms with Crippen molar-refractivity contribution in [3.05, 3.63) is 95.3 Å². The number of aromatic nitrogens is 2. The topological polar surface area (TPSA) is 75.2 Å². The maximum atomic E-state index is 13.0. The van der Waals surface area contributed by atoms with Gasteiger partial charge in [-0.2, -0.15) is 17.5 Å². The van der Waals surface area contributed by atoms with Crippen LogP contribution in [0.1, 0.15) is 22.3 Å². The van der Waals surface area contributed by atoms with Gasteiger partial charge < -0.3 is 5.32 Å². The van der Waals surface area contributed by atoms with Crippen molar-refractivity contribution in [1.82, 2.24) is 14.3 Å². The molecule has 0 atom stereocenters. The van der Waals surface area contributed by atoms with E-state index in [1.165, 1.54) is 16.4 Å². The molecular weight excluding hydrogens is 477 g/mol. The molecule has 2 aromatic heterocycles. The zero-order chi connectivity index (χ0) is 24.6. The first-order chi connectivity index (χ1) is 16.7. The van der Waals surface area contributed by atoms with E-state index in [2.05, 4.69) is 15.3 Å². The van der Waals surface area contributed by atoms with Crippen LogP contribution in [-0.2, 0) is 34.9 Å². The van der Waals surface area contributed by atoms with E-state index >= 15 is 0 Å². The second-order valence-electron chi connectivity index (χ2n) is 8.37. The molecule has 1 N–H and O–H groups in total. The molecular formula is C25H21F3N4O2S. The highest BCUT2D eigenvalue weighted by Crippen LogP contribution is 2.31. The zero-order valence-corrected chi connectivity index (χ0v) is 19.3. The lowest BCUT2D eigenvalue weighted by molar-refractivity contribution is -0.137. The second kappa shape index (κ2) is 8.94. The van der Waals surface area contributed by atoms with E-state index in [-0.39, 0.29) is 18.8 Å². The van der Waals surface area contributed by atoms with Crippen molar-refractivity contribution in [2.75, 3.05) is 11.9 Å². The van der Waals surface area contributed by atoms with Gasteiger partial charge in [0.25, 0.3) is 0 Å². The smallest absolute Gasteiger partial charge is 0.339 e. The molecule has 180 valence electrons. The number of sulfonamides is 1. The number of nitrogens with one attached hydrogen (secondary N) is 1. The molecule has 5 rings (SSSR count). The Labute approximate surface area is 200 Å². The summed E-state index contributed by atoms with van der Waals surface area (Å²) in [6.45, 7) is 0.428. The Morgan fingerprint density at radius 2 is 1.77 bits per heavy atom. The number of fused-ring (bicyclic) bond motifs is 2. The standard InChI is InChI=1S/C25H21F3N4O2S/c26-25(27,28)20-7-5-17(6-8-20)16-35(33,34)32-12-10-22-19(15-32)9-11-29-24(22)31-21-13-18-3-1-2-4-23(18)30-14-21/h1-9,11,13-14H,10,12,15-16H2,(H,29,31). The Kier molecular flexibility index (Phi) is 5.94. The number of hydrogen-bond donors (Lipinski definition) is 1. The summed E-state index contributed by atoms with van der Waals surface area (Å²) >= 11 is 0. The monoisotopic (exact) mass is 498 g/mol. The Bertz CT molecular complexity index is 1490. The molecule has 0 unspecified atom stereocenters. The summed E-state index contributed by atoms with van der Waals surface area (Å²) < 4.78 is 65.8. The number of halogens is 3. The molecule has 0 radical (unpaired) electrons. The third-order valence-corrected chi connectivity index (χ3v) is 7.78. The van der Waals surface area contributed by atoms with Crippen LogP contribution in [0, 0.1) is 0 Å². The van der Waals surface area contributed by atoms with Gasteiger partial charge in [-0.25, -0.2) is 13.4 Å². The molecule has 0 fully saturated rings. The van der Waals surface area contributed by atoms with Crippen molar-refractivity contribution >= 4 is 32.4 Å². The second-order valence-corrected chi connectivity index (χ2v) is 10.3. The SMILES string of the molecule is O=S(=O)(Cc1ccc(C(F)(F)F)cc1)N1CCc2c(ccnc2Nc2cnc3ccccc3c2)C1. The predicted octanol–water partition coefficient (Wildman–Crippen LogP) is 5.28. The maximum Gasteiger partial charge on any atom is 0.416 e. The number of benzene rings is 2. The Morgan fingerprint density at radius 1 is 1.00 bits per heavy atom. The lowest BCUT2D eigenvalue weighted by Crippen LogP contribution is -2.37. The number of para-hydroxylation sites is 1. The van der Waals surface area contributed by atoms with E-state index in [1.807, 2.05) is 30.3 Å². The van der Waals surface area contributed by atoms with Gasteiger partial charge in [0.05, 0.1) is 28.7 Å². The number of nitrogens with zero attached hydrogens (tertiary/aromatic N) is 3. The normalized spacial score (nSPS) is 14.6. The fraction of sp³-hybridized carbons (Fsp3) is 0.200. The third kappa shape index (κ3) is 4.98. The highest BCUT2D eigenvalue weighted by molar-refractivity contribution is 7.88. The van der Waals surface area contributed by atoms with E-state index in [1.54, 1.807) is 18.5 Å². The molecule has 6 nitrogen and oxygen atoms in total. The van der Waals surface area contributed by atoms with Crippen LogP contribution in [0.5, 0.6) is 0 Å². The van der Waals surface area contributed by atoms with Gasteiger partial charge in [-0.05, 0) is 47.9 Å². The minimum Gasteiger partial charge on any atom is -0.339 e. The van der Waals surface area contributed by atoms with Gasteiger partial charge >= 0.3 is 6.18 Å². The molecule has 2 aromatic carbocycles. The maximum absolute atomic E-state index is 13.0. The molecule has 0 amide bonds. The van der Waals surface area contributed by atoms with Crippen LogP contribution >= 0.6 is 0 Å². The molecule has 0 aliphatic carbocycles. The van der Waals surface area contributed by atoms with Crippen molar-refractivity contribution < 1.29 is 21.6 Å². The third-order valence-electron chi connectivity index (χ3n) is 5.99. The molecule has 0 spiro atoms. The molecule has 4 aromatic rings. The lowest BCUT2D eigenvalue weighted by atomic mass is 10.0. The van der Waals surface area contributed by atoms with Crippen molar-refractivity contribution in [2.24, 2.45) is 0 Å². The Balaban J connectivity index is 1.33.